The van der Waals surface area contributed by atoms with Gasteiger partial charge in [0.05, 0.1) is 11.0 Å². The summed E-state index contributed by atoms with van der Waals surface area (Å²) < 4.78 is 1.39. The Kier molecular flexibility index (Phi) is 4.97. The molecule has 2 saturated heterocycles. The minimum absolute atomic E-state index is 0. The molecule has 10 heteroatoms. The maximum Gasteiger partial charge on any atom is 0.327 e. The smallest absolute Gasteiger partial charge is 0.327 e. The summed E-state index contributed by atoms with van der Waals surface area (Å²) >= 11 is 1.52. The third-order valence-electron chi connectivity index (χ3n) is 4.75. The standard InChI is InChI=1S/C16H18N4O3S.2H2O/c1-16(2)11(14(22)23)20-12(21)10(13(20)24-16)18-15-17-8-6-4-5-7-9(8)19(15)3;;/h4-7,10-11,13H,1-3H3,(H,17,18)(H,22,23);2*1H2/t10?,11?,13-;;/m1../s1. The zero-order chi connectivity index (χ0) is 17.2. The number of carboxylic acid groups (broad SMARTS) is 1. The fraction of sp³-hybridized carbons (Fsp3) is 0.438. The maximum atomic E-state index is 12.5. The van der Waals surface area contributed by atoms with Gasteiger partial charge >= 0.3 is 5.97 Å². The molecule has 1 aromatic carbocycles. The number of carbonyl (C=O) groups excluding carboxylic acids is 1. The number of carbonyl (C=O) groups is 2. The number of hydrogen-bond donors (Lipinski definition) is 2. The topological polar surface area (TPSA) is 150 Å². The number of nitrogens with zero attached hydrogens (tertiary/aromatic N) is 3. The first-order chi connectivity index (χ1) is 11.3. The molecule has 2 fully saturated rings. The van der Waals surface area contributed by atoms with Crippen LogP contribution in [-0.2, 0) is 16.6 Å². The van der Waals surface area contributed by atoms with E-state index in [-0.39, 0.29) is 22.2 Å². The van der Waals surface area contributed by atoms with Gasteiger partial charge in [-0.05, 0) is 26.0 Å². The van der Waals surface area contributed by atoms with Crippen molar-refractivity contribution in [3.05, 3.63) is 24.3 Å². The largest absolute Gasteiger partial charge is 0.480 e. The highest BCUT2D eigenvalue weighted by molar-refractivity contribution is 8.01. The van der Waals surface area contributed by atoms with Gasteiger partial charge in [-0.3, -0.25) is 4.79 Å². The van der Waals surface area contributed by atoms with E-state index in [4.69, 9.17) is 0 Å². The fourth-order valence-electron chi connectivity index (χ4n) is 3.56. The monoisotopic (exact) mass is 382 g/mol. The van der Waals surface area contributed by atoms with E-state index >= 15 is 0 Å². The van der Waals surface area contributed by atoms with Gasteiger partial charge in [-0.25, -0.2) is 9.78 Å². The van der Waals surface area contributed by atoms with Crippen molar-refractivity contribution in [1.82, 2.24) is 14.5 Å². The molecule has 2 unspecified atom stereocenters. The molecule has 6 N–H and O–H groups in total. The van der Waals surface area contributed by atoms with Crippen molar-refractivity contribution < 1.29 is 25.6 Å². The number of nitrogens with one attached hydrogen (secondary N) is 1. The van der Waals surface area contributed by atoms with Gasteiger partial charge in [-0.15, -0.1) is 11.8 Å². The Bertz CT molecular complexity index is 867. The number of aromatic nitrogens is 2. The number of anilines is 1. The second-order valence-corrected chi connectivity index (χ2v) is 8.47. The molecule has 2 aromatic rings. The molecular weight excluding hydrogens is 360 g/mol. The average Bonchev–Trinajstić information content (AvgIpc) is 2.97. The molecule has 0 radical (unpaired) electrons. The molecule has 2 aliphatic rings. The number of benzene rings is 1. The van der Waals surface area contributed by atoms with E-state index < -0.39 is 22.8 Å². The quantitative estimate of drug-likeness (QED) is 0.705. The van der Waals surface area contributed by atoms with Crippen molar-refractivity contribution in [3.63, 3.8) is 0 Å². The Labute approximate surface area is 154 Å². The van der Waals surface area contributed by atoms with E-state index in [2.05, 4.69) is 10.3 Å². The van der Waals surface area contributed by atoms with Crippen molar-refractivity contribution in [3.8, 4) is 0 Å². The molecular formula is C16H22N4O5S. The predicted molar refractivity (Wildman–Crippen MR) is 99.1 cm³/mol. The number of carboxylic acids is 1. The van der Waals surface area contributed by atoms with Crippen molar-refractivity contribution in [1.29, 1.82) is 0 Å². The van der Waals surface area contributed by atoms with Gasteiger partial charge in [0.2, 0.25) is 11.9 Å². The number of hydrogen-bond acceptors (Lipinski definition) is 5. The second-order valence-electron chi connectivity index (χ2n) is 6.70. The summed E-state index contributed by atoms with van der Waals surface area (Å²) in [5.74, 6) is -0.520. The number of thioether (sulfide) groups is 1. The van der Waals surface area contributed by atoms with Crippen LogP contribution in [0.1, 0.15) is 13.8 Å². The van der Waals surface area contributed by atoms with E-state index in [9.17, 15) is 14.7 Å². The Morgan fingerprint density at radius 2 is 1.96 bits per heavy atom. The van der Waals surface area contributed by atoms with Gasteiger partial charge in [-0.1, -0.05) is 12.1 Å². The lowest BCUT2D eigenvalue weighted by atomic mass is 9.96. The van der Waals surface area contributed by atoms with Gasteiger partial charge in [0, 0.05) is 11.8 Å². The van der Waals surface area contributed by atoms with Crippen LogP contribution in [0.2, 0.25) is 0 Å². The molecule has 1 aromatic heterocycles. The van der Waals surface area contributed by atoms with Crippen LogP contribution in [0, 0.1) is 0 Å². The van der Waals surface area contributed by atoms with Crippen LogP contribution in [0.25, 0.3) is 11.0 Å². The summed E-state index contributed by atoms with van der Waals surface area (Å²) in [7, 11) is 1.89. The Hall–Kier alpha value is -2.30. The number of amides is 1. The molecule has 1 amide bonds. The number of aryl methyl sites for hydroxylation is 1. The van der Waals surface area contributed by atoms with Gasteiger partial charge in [-0.2, -0.15) is 0 Å². The molecule has 3 heterocycles. The van der Waals surface area contributed by atoms with Crippen molar-refractivity contribution in [2.45, 2.75) is 36.1 Å². The van der Waals surface area contributed by atoms with Gasteiger partial charge < -0.3 is 30.8 Å². The maximum absolute atomic E-state index is 12.5. The van der Waals surface area contributed by atoms with Crippen LogP contribution in [0.15, 0.2) is 24.3 Å². The number of rotatable bonds is 3. The summed E-state index contributed by atoms with van der Waals surface area (Å²) in [6, 6.07) is 6.51. The highest BCUT2D eigenvalue weighted by Crippen LogP contribution is 2.51. The number of para-hydroxylation sites is 2. The summed E-state index contributed by atoms with van der Waals surface area (Å²) in [6.07, 6.45) is 0. The summed E-state index contributed by atoms with van der Waals surface area (Å²) in [4.78, 5) is 30.1. The lowest BCUT2D eigenvalue weighted by Gasteiger charge is -2.43. The molecule has 4 rings (SSSR count). The van der Waals surface area contributed by atoms with Gasteiger partial charge in [0.15, 0.2) is 0 Å². The van der Waals surface area contributed by atoms with Crippen LogP contribution in [0.5, 0.6) is 0 Å². The molecule has 26 heavy (non-hydrogen) atoms. The Morgan fingerprint density at radius 1 is 1.31 bits per heavy atom. The van der Waals surface area contributed by atoms with Crippen LogP contribution in [-0.4, -0.2) is 64.6 Å². The first-order valence-corrected chi connectivity index (χ1v) is 8.60. The Morgan fingerprint density at radius 3 is 2.58 bits per heavy atom. The number of fused-ring (bicyclic) bond motifs is 2. The lowest BCUT2D eigenvalue weighted by Crippen LogP contribution is -2.68. The normalized spacial score (nSPS) is 25.7. The van der Waals surface area contributed by atoms with Crippen molar-refractivity contribution in [2.24, 2.45) is 7.05 Å². The minimum atomic E-state index is -0.954. The van der Waals surface area contributed by atoms with Crippen LogP contribution < -0.4 is 5.32 Å². The van der Waals surface area contributed by atoms with E-state index in [1.54, 1.807) is 0 Å². The highest BCUT2D eigenvalue weighted by atomic mass is 32.2. The molecule has 2 aliphatic heterocycles. The molecule has 0 saturated carbocycles. The SMILES string of the molecule is Cn1c(NC2C(=O)N3C(C(=O)O)C(C)(C)S[C@H]23)nc2ccccc21.O.O. The summed E-state index contributed by atoms with van der Waals surface area (Å²) in [5, 5.41) is 12.5. The van der Waals surface area contributed by atoms with Crippen LogP contribution >= 0.6 is 11.8 Å². The van der Waals surface area contributed by atoms with Crippen LogP contribution in [0.4, 0.5) is 5.95 Å². The molecule has 142 valence electrons. The van der Waals surface area contributed by atoms with E-state index in [1.807, 2.05) is 49.7 Å². The molecule has 3 atom stereocenters. The first kappa shape index (κ1) is 20.0. The second kappa shape index (κ2) is 6.45. The van der Waals surface area contributed by atoms with Crippen LogP contribution in [0.3, 0.4) is 0 Å². The predicted octanol–water partition coefficient (Wildman–Crippen LogP) is -0.149. The number of imidazole rings is 1. The Balaban J connectivity index is 0.00000121. The summed E-state index contributed by atoms with van der Waals surface area (Å²) in [5.41, 5.74) is 1.83. The number of β-lactam (4-membered cyclic amide) rings is 1. The summed E-state index contributed by atoms with van der Waals surface area (Å²) in [6.45, 7) is 3.74. The fourth-order valence-corrected chi connectivity index (χ4v) is 5.18. The third kappa shape index (κ3) is 2.61. The van der Waals surface area contributed by atoms with E-state index in [0.29, 0.717) is 5.95 Å². The van der Waals surface area contributed by atoms with E-state index in [0.717, 1.165) is 11.0 Å². The van der Waals surface area contributed by atoms with Gasteiger partial charge in [0.25, 0.3) is 0 Å². The zero-order valence-corrected chi connectivity index (χ0v) is 15.4. The average molecular weight is 382 g/mol. The van der Waals surface area contributed by atoms with E-state index in [1.165, 1.54) is 16.7 Å². The highest BCUT2D eigenvalue weighted by Gasteiger charge is 2.64. The first-order valence-electron chi connectivity index (χ1n) is 7.72. The third-order valence-corrected chi connectivity index (χ3v) is 6.32. The van der Waals surface area contributed by atoms with Gasteiger partial charge in [0.1, 0.15) is 17.5 Å². The minimum Gasteiger partial charge on any atom is -0.480 e. The number of aliphatic carboxylic acids is 1. The lowest BCUT2D eigenvalue weighted by molar-refractivity contribution is -0.158. The molecule has 0 spiro atoms. The molecule has 9 nitrogen and oxygen atoms in total. The molecule has 0 bridgehead atoms. The zero-order valence-electron chi connectivity index (χ0n) is 14.6. The van der Waals surface area contributed by atoms with Crippen molar-refractivity contribution >= 4 is 40.6 Å². The van der Waals surface area contributed by atoms with Crippen molar-refractivity contribution in [2.75, 3.05) is 5.32 Å². The molecule has 0 aliphatic carbocycles.